The van der Waals surface area contributed by atoms with E-state index in [1.165, 1.54) is 7.11 Å². The van der Waals surface area contributed by atoms with Gasteiger partial charge in [-0.25, -0.2) is 4.39 Å². The lowest BCUT2D eigenvalue weighted by Gasteiger charge is -2.03. The first-order valence-corrected chi connectivity index (χ1v) is 5.09. The van der Waals surface area contributed by atoms with Crippen LogP contribution in [0.4, 0.5) is 4.39 Å². The Labute approximate surface area is 92.9 Å². The van der Waals surface area contributed by atoms with Crippen molar-refractivity contribution in [1.29, 1.82) is 0 Å². The molecule has 0 N–H and O–H groups in total. The monoisotopic (exact) mass is 308 g/mol. The van der Waals surface area contributed by atoms with Crippen LogP contribution in [0.15, 0.2) is 21.6 Å². The van der Waals surface area contributed by atoms with E-state index in [2.05, 4.69) is 31.9 Å². The van der Waals surface area contributed by atoms with Crippen molar-refractivity contribution >= 4 is 37.9 Å². The molecule has 4 heteroatoms. The Bertz CT molecular complexity index is 332. The molecule has 0 aliphatic heterocycles. The SMILES string of the molecule is COc1cccc(C=C(Br)Br)c1F. The summed E-state index contributed by atoms with van der Waals surface area (Å²) in [6.07, 6.45) is 1.62. The molecule has 0 saturated carbocycles. The zero-order valence-electron chi connectivity index (χ0n) is 6.85. The van der Waals surface area contributed by atoms with Crippen molar-refractivity contribution < 1.29 is 9.13 Å². The molecule has 0 fully saturated rings. The van der Waals surface area contributed by atoms with Gasteiger partial charge in [0.05, 0.1) is 10.5 Å². The van der Waals surface area contributed by atoms with Crippen LogP contribution in [0.25, 0.3) is 6.08 Å². The van der Waals surface area contributed by atoms with Gasteiger partial charge >= 0.3 is 0 Å². The van der Waals surface area contributed by atoms with Crippen molar-refractivity contribution in [2.24, 2.45) is 0 Å². The average Bonchev–Trinajstić information content (AvgIpc) is 2.08. The maximum atomic E-state index is 13.4. The van der Waals surface area contributed by atoms with Crippen molar-refractivity contribution in [1.82, 2.24) is 0 Å². The molecule has 70 valence electrons. The standard InChI is InChI=1S/C9H7Br2FO/c1-13-7-4-2-3-6(9(7)12)5-8(10)11/h2-5H,1H3. The molecule has 1 aromatic rings. The average molecular weight is 310 g/mol. The highest BCUT2D eigenvalue weighted by Crippen LogP contribution is 2.24. The Morgan fingerprint density at radius 3 is 2.69 bits per heavy atom. The predicted molar refractivity (Wildman–Crippen MR) is 58.8 cm³/mol. The summed E-state index contributed by atoms with van der Waals surface area (Å²) >= 11 is 6.32. The Morgan fingerprint density at radius 1 is 1.46 bits per heavy atom. The van der Waals surface area contributed by atoms with Gasteiger partial charge in [0.15, 0.2) is 11.6 Å². The number of rotatable bonds is 2. The Morgan fingerprint density at radius 2 is 2.15 bits per heavy atom. The van der Waals surface area contributed by atoms with Crippen LogP contribution in [0.5, 0.6) is 5.75 Å². The topological polar surface area (TPSA) is 9.23 Å². The van der Waals surface area contributed by atoms with Gasteiger partial charge in [0.25, 0.3) is 0 Å². The fourth-order valence-corrected chi connectivity index (χ4v) is 1.41. The Hall–Kier alpha value is -0.350. The summed E-state index contributed by atoms with van der Waals surface area (Å²) in [6.45, 7) is 0. The van der Waals surface area contributed by atoms with E-state index in [9.17, 15) is 4.39 Å². The summed E-state index contributed by atoms with van der Waals surface area (Å²) < 4.78 is 18.9. The van der Waals surface area contributed by atoms with Gasteiger partial charge in [0.1, 0.15) is 0 Å². The molecule has 0 aliphatic rings. The molecule has 13 heavy (non-hydrogen) atoms. The molecule has 0 bridgehead atoms. The molecule has 0 aliphatic carbocycles. The van der Waals surface area contributed by atoms with Gasteiger partial charge in [0.2, 0.25) is 0 Å². The third kappa shape index (κ3) is 2.81. The lowest BCUT2D eigenvalue weighted by atomic mass is 10.2. The van der Waals surface area contributed by atoms with Crippen molar-refractivity contribution in [3.8, 4) is 5.75 Å². The molecular weight excluding hydrogens is 303 g/mol. The Balaban J connectivity index is 3.16. The van der Waals surface area contributed by atoms with E-state index >= 15 is 0 Å². The number of methoxy groups -OCH3 is 1. The summed E-state index contributed by atoms with van der Waals surface area (Å²) in [7, 11) is 1.44. The molecular formula is C9H7Br2FO. The molecule has 0 saturated heterocycles. The van der Waals surface area contributed by atoms with Crippen LogP contribution >= 0.6 is 31.9 Å². The van der Waals surface area contributed by atoms with Crippen LogP contribution in [0.2, 0.25) is 0 Å². The molecule has 1 nitrogen and oxygen atoms in total. The largest absolute Gasteiger partial charge is 0.494 e. The zero-order valence-corrected chi connectivity index (χ0v) is 10.0. The van der Waals surface area contributed by atoms with Gasteiger partial charge in [-0.05, 0) is 44.0 Å². The fourth-order valence-electron chi connectivity index (χ4n) is 0.914. The van der Waals surface area contributed by atoms with Gasteiger partial charge in [-0.3, -0.25) is 0 Å². The minimum Gasteiger partial charge on any atom is -0.494 e. The summed E-state index contributed by atoms with van der Waals surface area (Å²) in [4.78, 5) is 0. The van der Waals surface area contributed by atoms with Gasteiger partial charge in [-0.2, -0.15) is 0 Å². The maximum Gasteiger partial charge on any atom is 0.172 e. The van der Waals surface area contributed by atoms with Crippen LogP contribution in [-0.2, 0) is 0 Å². The van der Waals surface area contributed by atoms with Crippen molar-refractivity contribution in [2.45, 2.75) is 0 Å². The highest BCUT2D eigenvalue weighted by molar-refractivity contribution is 9.28. The number of hydrogen-bond donors (Lipinski definition) is 0. The van der Waals surface area contributed by atoms with Gasteiger partial charge in [0, 0.05) is 5.56 Å². The van der Waals surface area contributed by atoms with Crippen LogP contribution in [0.3, 0.4) is 0 Å². The third-order valence-corrected chi connectivity index (χ3v) is 1.94. The van der Waals surface area contributed by atoms with Crippen LogP contribution in [0.1, 0.15) is 5.56 Å². The second kappa shape index (κ2) is 4.77. The van der Waals surface area contributed by atoms with Crippen molar-refractivity contribution in [3.05, 3.63) is 33.0 Å². The first-order chi connectivity index (χ1) is 6.15. The molecule has 0 amide bonds. The van der Waals surface area contributed by atoms with Crippen LogP contribution in [0, 0.1) is 5.82 Å². The van der Waals surface area contributed by atoms with E-state index in [0.29, 0.717) is 8.96 Å². The highest BCUT2D eigenvalue weighted by atomic mass is 79.9. The van der Waals surface area contributed by atoms with Crippen LogP contribution < -0.4 is 4.74 Å². The zero-order chi connectivity index (χ0) is 9.84. The summed E-state index contributed by atoms with van der Waals surface area (Å²) in [5, 5.41) is 0. The van der Waals surface area contributed by atoms with Crippen molar-refractivity contribution in [3.63, 3.8) is 0 Å². The van der Waals surface area contributed by atoms with E-state index in [1.54, 1.807) is 24.3 Å². The van der Waals surface area contributed by atoms with E-state index in [-0.39, 0.29) is 11.6 Å². The fraction of sp³-hybridized carbons (Fsp3) is 0.111. The normalized spacial score (nSPS) is 9.54. The lowest BCUT2D eigenvalue weighted by Crippen LogP contribution is -1.89. The first-order valence-electron chi connectivity index (χ1n) is 3.50. The van der Waals surface area contributed by atoms with E-state index in [0.717, 1.165) is 0 Å². The lowest BCUT2D eigenvalue weighted by molar-refractivity contribution is 0.386. The van der Waals surface area contributed by atoms with Gasteiger partial charge in [-0.1, -0.05) is 12.1 Å². The molecule has 0 spiro atoms. The van der Waals surface area contributed by atoms with Gasteiger partial charge in [-0.15, -0.1) is 0 Å². The summed E-state index contributed by atoms with van der Waals surface area (Å²) in [5.74, 6) is -0.114. The predicted octanol–water partition coefficient (Wildman–Crippen LogP) is 3.92. The molecule has 0 atom stereocenters. The van der Waals surface area contributed by atoms with E-state index in [4.69, 9.17) is 4.74 Å². The molecule has 0 aromatic heterocycles. The van der Waals surface area contributed by atoms with E-state index < -0.39 is 0 Å². The smallest absolute Gasteiger partial charge is 0.172 e. The van der Waals surface area contributed by atoms with E-state index in [1.807, 2.05) is 0 Å². The molecule has 0 unspecified atom stereocenters. The second-order valence-electron chi connectivity index (χ2n) is 2.30. The molecule has 1 rings (SSSR count). The molecule has 0 heterocycles. The minimum atomic E-state index is -0.360. The summed E-state index contributed by atoms with van der Waals surface area (Å²) in [6, 6.07) is 4.98. The van der Waals surface area contributed by atoms with Crippen molar-refractivity contribution in [2.75, 3.05) is 7.11 Å². The maximum absolute atomic E-state index is 13.4. The number of benzene rings is 1. The van der Waals surface area contributed by atoms with Crippen LogP contribution in [-0.4, -0.2) is 7.11 Å². The van der Waals surface area contributed by atoms with Gasteiger partial charge < -0.3 is 4.74 Å². The molecule has 0 radical (unpaired) electrons. The minimum absolute atomic E-state index is 0.245. The number of halogens is 3. The number of ether oxygens (including phenoxy) is 1. The Kier molecular flexibility index (Phi) is 3.93. The summed E-state index contributed by atoms with van der Waals surface area (Å²) in [5.41, 5.74) is 0.475. The second-order valence-corrected chi connectivity index (χ2v) is 5.07. The first kappa shape index (κ1) is 10.7. The molecule has 1 aromatic carbocycles. The highest BCUT2D eigenvalue weighted by Gasteiger charge is 2.05. The number of hydrogen-bond acceptors (Lipinski definition) is 1. The quantitative estimate of drug-likeness (QED) is 0.804. The third-order valence-electron chi connectivity index (χ3n) is 1.48.